The van der Waals surface area contributed by atoms with Gasteiger partial charge in [-0.3, -0.25) is 4.79 Å². The quantitative estimate of drug-likeness (QED) is 0.458. The van der Waals surface area contributed by atoms with Crippen LogP contribution in [0.1, 0.15) is 27.0 Å². The summed E-state index contributed by atoms with van der Waals surface area (Å²) in [4.78, 5) is 25.5. The number of hydrogen-bond donors (Lipinski definition) is 2. The van der Waals surface area contributed by atoms with Crippen molar-refractivity contribution in [2.45, 2.75) is 19.3 Å². The van der Waals surface area contributed by atoms with E-state index in [0.29, 0.717) is 22.8 Å². The monoisotopic (exact) mass is 476 g/mol. The van der Waals surface area contributed by atoms with Crippen molar-refractivity contribution in [3.8, 4) is 0 Å². The standard InChI is InChI=1S/C24H20ClF3N2O3/c25-20-9-3-16(4-10-20)13-29-14-22(31)30(21-11-5-18(6-12-21)23(32)33)15-17-1-7-19(8-2-17)24(26,27)28/h1-12,29H,13-15H2,(H,32,33). The third kappa shape index (κ3) is 6.81. The van der Waals surface area contributed by atoms with Gasteiger partial charge < -0.3 is 15.3 Å². The van der Waals surface area contributed by atoms with E-state index in [1.54, 1.807) is 12.1 Å². The molecular weight excluding hydrogens is 457 g/mol. The topological polar surface area (TPSA) is 69.6 Å². The molecule has 0 aliphatic heterocycles. The van der Waals surface area contributed by atoms with E-state index in [1.807, 2.05) is 12.1 Å². The van der Waals surface area contributed by atoms with Gasteiger partial charge in [-0.1, -0.05) is 35.9 Å². The number of amides is 1. The molecule has 0 saturated heterocycles. The Morgan fingerprint density at radius 2 is 1.45 bits per heavy atom. The van der Waals surface area contributed by atoms with Crippen molar-refractivity contribution in [2.75, 3.05) is 11.4 Å². The third-order valence-corrected chi connectivity index (χ3v) is 5.12. The van der Waals surface area contributed by atoms with Crippen LogP contribution in [-0.2, 0) is 24.1 Å². The molecule has 3 aromatic carbocycles. The van der Waals surface area contributed by atoms with Crippen molar-refractivity contribution < 1.29 is 27.9 Å². The summed E-state index contributed by atoms with van der Waals surface area (Å²) in [7, 11) is 0. The molecule has 0 fully saturated rings. The highest BCUT2D eigenvalue weighted by atomic mass is 35.5. The Morgan fingerprint density at radius 3 is 2.00 bits per heavy atom. The second-order valence-electron chi connectivity index (χ2n) is 7.26. The van der Waals surface area contributed by atoms with Crippen molar-refractivity contribution in [3.63, 3.8) is 0 Å². The zero-order chi connectivity index (χ0) is 24.0. The summed E-state index contributed by atoms with van der Waals surface area (Å²) < 4.78 is 38.6. The fourth-order valence-corrected chi connectivity index (χ4v) is 3.23. The van der Waals surface area contributed by atoms with Gasteiger partial charge >= 0.3 is 12.1 Å². The minimum atomic E-state index is -4.45. The SMILES string of the molecule is O=C(O)c1ccc(N(Cc2ccc(C(F)(F)F)cc2)C(=O)CNCc2ccc(Cl)cc2)cc1. The predicted molar refractivity (Wildman–Crippen MR) is 119 cm³/mol. The lowest BCUT2D eigenvalue weighted by Crippen LogP contribution is -2.37. The zero-order valence-corrected chi connectivity index (χ0v) is 18.0. The first-order valence-corrected chi connectivity index (χ1v) is 10.3. The van der Waals surface area contributed by atoms with Gasteiger partial charge in [0.05, 0.1) is 24.2 Å². The molecule has 3 aromatic rings. The summed E-state index contributed by atoms with van der Waals surface area (Å²) in [5.74, 6) is -1.43. The van der Waals surface area contributed by atoms with Crippen molar-refractivity contribution in [3.05, 3.63) is 100 Å². The molecule has 2 N–H and O–H groups in total. The lowest BCUT2D eigenvalue weighted by Gasteiger charge is -2.24. The molecular formula is C24H20ClF3N2O3. The molecule has 3 rings (SSSR count). The highest BCUT2D eigenvalue weighted by Crippen LogP contribution is 2.29. The Labute approximate surface area is 193 Å². The molecule has 0 spiro atoms. The summed E-state index contributed by atoms with van der Waals surface area (Å²) in [6, 6.07) is 17.4. The number of carbonyl (C=O) groups excluding carboxylic acids is 1. The number of halogens is 4. The number of rotatable bonds is 8. The van der Waals surface area contributed by atoms with Gasteiger partial charge in [0, 0.05) is 17.3 Å². The number of nitrogens with zero attached hydrogens (tertiary/aromatic N) is 1. The molecule has 0 unspecified atom stereocenters. The number of carbonyl (C=O) groups is 2. The van der Waals surface area contributed by atoms with E-state index in [1.165, 1.54) is 41.3 Å². The maximum atomic E-state index is 13.0. The number of carboxylic acid groups (broad SMARTS) is 1. The van der Waals surface area contributed by atoms with Crippen LogP contribution >= 0.6 is 11.6 Å². The Bertz CT molecular complexity index is 1100. The molecule has 0 aromatic heterocycles. The smallest absolute Gasteiger partial charge is 0.416 e. The number of anilines is 1. The average Bonchev–Trinajstić information content (AvgIpc) is 2.78. The highest BCUT2D eigenvalue weighted by molar-refractivity contribution is 6.30. The van der Waals surface area contributed by atoms with E-state index >= 15 is 0 Å². The minimum absolute atomic E-state index is 0.0199. The van der Waals surface area contributed by atoms with Crippen molar-refractivity contribution in [2.24, 2.45) is 0 Å². The lowest BCUT2D eigenvalue weighted by atomic mass is 10.1. The Kier molecular flexibility index (Phi) is 7.73. The van der Waals surface area contributed by atoms with E-state index in [4.69, 9.17) is 16.7 Å². The minimum Gasteiger partial charge on any atom is -0.478 e. The molecule has 1 amide bonds. The molecule has 0 aliphatic carbocycles. The molecule has 5 nitrogen and oxygen atoms in total. The largest absolute Gasteiger partial charge is 0.478 e. The maximum absolute atomic E-state index is 13.0. The van der Waals surface area contributed by atoms with Crippen LogP contribution in [0.2, 0.25) is 5.02 Å². The summed E-state index contributed by atoms with van der Waals surface area (Å²) in [5, 5.41) is 12.7. The fraction of sp³-hybridized carbons (Fsp3) is 0.167. The first-order valence-electron chi connectivity index (χ1n) is 9.88. The number of nitrogens with one attached hydrogen (secondary N) is 1. The van der Waals surface area contributed by atoms with Crippen LogP contribution in [0.3, 0.4) is 0 Å². The van der Waals surface area contributed by atoms with Crippen LogP contribution in [0, 0.1) is 0 Å². The fourth-order valence-electron chi connectivity index (χ4n) is 3.10. The molecule has 9 heteroatoms. The number of carboxylic acids is 1. The van der Waals surface area contributed by atoms with Crippen molar-refractivity contribution >= 4 is 29.2 Å². The van der Waals surface area contributed by atoms with Gasteiger partial charge in [-0.25, -0.2) is 4.79 Å². The van der Waals surface area contributed by atoms with E-state index < -0.39 is 17.7 Å². The van der Waals surface area contributed by atoms with E-state index in [2.05, 4.69) is 5.32 Å². The molecule has 172 valence electrons. The molecule has 0 aliphatic rings. The van der Waals surface area contributed by atoms with Gasteiger partial charge in [0.25, 0.3) is 0 Å². The number of alkyl halides is 3. The van der Waals surface area contributed by atoms with Gasteiger partial charge in [-0.2, -0.15) is 13.2 Å². The first kappa shape index (κ1) is 24.3. The van der Waals surface area contributed by atoms with Crippen molar-refractivity contribution in [1.82, 2.24) is 5.32 Å². The molecule has 0 atom stereocenters. The molecule has 33 heavy (non-hydrogen) atoms. The lowest BCUT2D eigenvalue weighted by molar-refractivity contribution is -0.137. The van der Waals surface area contributed by atoms with Gasteiger partial charge in [0.15, 0.2) is 0 Å². The van der Waals surface area contributed by atoms with Gasteiger partial charge in [-0.05, 0) is 59.7 Å². The van der Waals surface area contributed by atoms with Crippen LogP contribution in [0.25, 0.3) is 0 Å². The Morgan fingerprint density at radius 1 is 0.879 bits per heavy atom. The third-order valence-electron chi connectivity index (χ3n) is 4.87. The van der Waals surface area contributed by atoms with E-state index in [0.717, 1.165) is 17.7 Å². The van der Waals surface area contributed by atoms with Gasteiger partial charge in [0.1, 0.15) is 0 Å². The normalized spacial score (nSPS) is 11.3. The molecule has 0 heterocycles. The number of hydrogen-bond acceptors (Lipinski definition) is 3. The van der Waals surface area contributed by atoms with Crippen LogP contribution < -0.4 is 10.2 Å². The molecule has 0 radical (unpaired) electrons. The highest BCUT2D eigenvalue weighted by Gasteiger charge is 2.30. The van der Waals surface area contributed by atoms with Crippen LogP contribution in [0.15, 0.2) is 72.8 Å². The van der Waals surface area contributed by atoms with Crippen LogP contribution in [0.5, 0.6) is 0 Å². The van der Waals surface area contributed by atoms with Gasteiger partial charge in [-0.15, -0.1) is 0 Å². The predicted octanol–water partition coefficient (Wildman–Crippen LogP) is 5.38. The molecule has 0 saturated carbocycles. The second kappa shape index (κ2) is 10.5. The molecule has 0 bridgehead atoms. The van der Waals surface area contributed by atoms with Crippen LogP contribution in [0.4, 0.5) is 18.9 Å². The summed E-state index contributed by atoms with van der Waals surface area (Å²) in [6.45, 7) is 0.394. The summed E-state index contributed by atoms with van der Waals surface area (Å²) in [6.07, 6.45) is -4.45. The van der Waals surface area contributed by atoms with Crippen LogP contribution in [-0.4, -0.2) is 23.5 Å². The first-order chi connectivity index (χ1) is 15.6. The van der Waals surface area contributed by atoms with Crippen molar-refractivity contribution in [1.29, 1.82) is 0 Å². The zero-order valence-electron chi connectivity index (χ0n) is 17.3. The Hall–Kier alpha value is -3.36. The van der Waals surface area contributed by atoms with Gasteiger partial charge in [0.2, 0.25) is 5.91 Å². The average molecular weight is 477 g/mol. The van der Waals surface area contributed by atoms with E-state index in [-0.39, 0.29) is 24.6 Å². The summed E-state index contributed by atoms with van der Waals surface area (Å²) in [5.41, 5.74) is 1.13. The number of aromatic carboxylic acids is 1. The maximum Gasteiger partial charge on any atom is 0.416 e. The van der Waals surface area contributed by atoms with E-state index in [9.17, 15) is 22.8 Å². The number of benzene rings is 3. The summed E-state index contributed by atoms with van der Waals surface area (Å²) >= 11 is 5.87. The Balaban J connectivity index is 1.76. The second-order valence-corrected chi connectivity index (χ2v) is 7.69.